The van der Waals surface area contributed by atoms with Gasteiger partial charge in [0.15, 0.2) is 5.43 Å². The van der Waals surface area contributed by atoms with Gasteiger partial charge in [-0.1, -0.05) is 23.7 Å². The lowest BCUT2D eigenvalue weighted by Crippen LogP contribution is -2.54. The number of aromatic nitrogens is 1. The number of nitrogens with zero attached hydrogens (tertiary/aromatic N) is 2. The molecule has 0 saturated carbocycles. The first kappa shape index (κ1) is 19.2. The van der Waals surface area contributed by atoms with E-state index >= 15 is 0 Å². The van der Waals surface area contributed by atoms with Gasteiger partial charge < -0.3 is 5.32 Å². The highest BCUT2D eigenvalue weighted by Gasteiger charge is 2.35. The number of fused-ring (bicyclic) bond motifs is 3. The third kappa shape index (κ3) is 2.92. The van der Waals surface area contributed by atoms with Crippen molar-refractivity contribution < 1.29 is 9.18 Å². The van der Waals surface area contributed by atoms with Gasteiger partial charge in [0, 0.05) is 33.5 Å². The van der Waals surface area contributed by atoms with E-state index in [0.717, 1.165) is 21.6 Å². The van der Waals surface area contributed by atoms with Crippen LogP contribution in [0, 0.1) is 12.7 Å². The number of thioether (sulfide) groups is 1. The Kier molecular flexibility index (Phi) is 4.60. The molecule has 3 aromatic rings. The highest BCUT2D eigenvalue weighted by Crippen LogP contribution is 2.44. The summed E-state index contributed by atoms with van der Waals surface area (Å²) in [6.45, 7) is 1.84. The molecular weight excluding hydrogens is 425 g/mol. The van der Waals surface area contributed by atoms with Crippen LogP contribution in [-0.4, -0.2) is 17.3 Å². The molecule has 30 heavy (non-hydrogen) atoms. The van der Waals surface area contributed by atoms with E-state index in [2.05, 4.69) is 5.32 Å². The molecule has 2 aromatic carbocycles. The molecule has 152 valence electrons. The molecule has 1 atom stereocenters. The highest BCUT2D eigenvalue weighted by molar-refractivity contribution is 7.98. The molecule has 0 bridgehead atoms. The minimum atomic E-state index is -0.402. The van der Waals surface area contributed by atoms with E-state index in [1.54, 1.807) is 35.6 Å². The van der Waals surface area contributed by atoms with Crippen LogP contribution in [0.2, 0.25) is 5.02 Å². The van der Waals surface area contributed by atoms with Crippen molar-refractivity contribution >= 4 is 29.3 Å². The molecule has 1 unspecified atom stereocenters. The molecule has 5 rings (SSSR count). The quantitative estimate of drug-likeness (QED) is 0.620. The van der Waals surface area contributed by atoms with Gasteiger partial charge in [0.05, 0.1) is 6.04 Å². The normalized spacial score (nSPS) is 17.5. The van der Waals surface area contributed by atoms with Gasteiger partial charge in [-0.3, -0.25) is 19.3 Å². The van der Waals surface area contributed by atoms with E-state index in [4.69, 9.17) is 11.6 Å². The van der Waals surface area contributed by atoms with Crippen LogP contribution in [0.3, 0.4) is 0 Å². The standard InChI is InChI=1S/C22H17ClFN3O2S/c1-12-18(28)7-8-26-20(12)22(29)25-11-27(26)21-14-3-2-4-17(23)16(14)10-30-19-6-5-13(24)9-15(19)21/h2-9,21H,10-11H2,1H3,(H,25,29). The molecule has 0 saturated heterocycles. The maximum Gasteiger partial charge on any atom is 0.271 e. The maximum absolute atomic E-state index is 14.3. The Bertz CT molecular complexity index is 1260. The van der Waals surface area contributed by atoms with Crippen LogP contribution in [0.1, 0.15) is 38.8 Å². The Labute approximate surface area is 181 Å². The van der Waals surface area contributed by atoms with Crippen LogP contribution in [0.5, 0.6) is 0 Å². The maximum atomic E-state index is 14.3. The summed E-state index contributed by atoms with van der Waals surface area (Å²) in [5.74, 6) is 0.0119. The van der Waals surface area contributed by atoms with Crippen LogP contribution in [0.25, 0.3) is 0 Å². The van der Waals surface area contributed by atoms with E-state index in [0.29, 0.717) is 16.3 Å². The van der Waals surface area contributed by atoms with Crippen LogP contribution in [-0.2, 0) is 5.75 Å². The monoisotopic (exact) mass is 441 g/mol. The van der Waals surface area contributed by atoms with E-state index in [-0.39, 0.29) is 29.5 Å². The lowest BCUT2D eigenvalue weighted by Gasteiger charge is -2.40. The number of rotatable bonds is 1. The molecule has 1 aromatic heterocycles. The van der Waals surface area contributed by atoms with Gasteiger partial charge in [0.2, 0.25) is 0 Å². The van der Waals surface area contributed by atoms with Crippen LogP contribution < -0.4 is 15.8 Å². The predicted octanol–water partition coefficient (Wildman–Crippen LogP) is 3.98. The van der Waals surface area contributed by atoms with Crippen molar-refractivity contribution in [3.63, 3.8) is 0 Å². The van der Waals surface area contributed by atoms with Crippen molar-refractivity contribution in [2.75, 3.05) is 11.7 Å². The largest absolute Gasteiger partial charge is 0.332 e. The first-order valence-corrected chi connectivity index (χ1v) is 10.8. The zero-order valence-corrected chi connectivity index (χ0v) is 17.6. The fraction of sp³-hybridized carbons (Fsp3) is 0.182. The Hall–Kier alpha value is -2.77. The van der Waals surface area contributed by atoms with E-state index in [1.807, 2.05) is 23.2 Å². The predicted molar refractivity (Wildman–Crippen MR) is 115 cm³/mol. The van der Waals surface area contributed by atoms with Gasteiger partial charge >= 0.3 is 0 Å². The lowest BCUT2D eigenvalue weighted by molar-refractivity contribution is 0.0918. The Morgan fingerprint density at radius 1 is 1.17 bits per heavy atom. The van der Waals surface area contributed by atoms with E-state index in [1.165, 1.54) is 18.2 Å². The van der Waals surface area contributed by atoms with Crippen LogP contribution in [0.15, 0.2) is 58.4 Å². The average Bonchev–Trinajstić information content (AvgIpc) is 2.88. The minimum absolute atomic E-state index is 0.200. The second kappa shape index (κ2) is 7.18. The van der Waals surface area contributed by atoms with Crippen molar-refractivity contribution in [2.24, 2.45) is 0 Å². The molecule has 0 radical (unpaired) electrons. The van der Waals surface area contributed by atoms with Gasteiger partial charge in [-0.05, 0) is 47.9 Å². The molecular formula is C22H17ClFN3O2S. The van der Waals surface area contributed by atoms with E-state index < -0.39 is 6.04 Å². The third-order valence-electron chi connectivity index (χ3n) is 5.60. The van der Waals surface area contributed by atoms with Gasteiger partial charge in [-0.15, -0.1) is 11.8 Å². The number of benzene rings is 2. The summed E-state index contributed by atoms with van der Waals surface area (Å²) in [5.41, 5.74) is 3.16. The number of halogens is 2. The molecule has 0 fully saturated rings. The van der Waals surface area contributed by atoms with Gasteiger partial charge in [-0.25, -0.2) is 4.39 Å². The Balaban J connectivity index is 1.80. The molecule has 1 amide bonds. The molecule has 5 nitrogen and oxygen atoms in total. The zero-order chi connectivity index (χ0) is 21.0. The number of carbonyl (C=O) groups is 1. The number of hydrogen-bond donors (Lipinski definition) is 1. The van der Waals surface area contributed by atoms with Crippen molar-refractivity contribution in [1.82, 2.24) is 9.99 Å². The molecule has 3 heterocycles. The first-order valence-electron chi connectivity index (χ1n) is 9.42. The zero-order valence-electron chi connectivity index (χ0n) is 16.0. The SMILES string of the molecule is Cc1c2n(ccc1=O)N(C1c3cc(F)ccc3SCc3c(Cl)cccc31)CNC2=O. The topological polar surface area (TPSA) is 54.3 Å². The van der Waals surface area contributed by atoms with Gasteiger partial charge in [0.25, 0.3) is 5.91 Å². The number of amides is 1. The first-order chi connectivity index (χ1) is 14.5. The van der Waals surface area contributed by atoms with Crippen molar-refractivity contribution in [3.8, 4) is 0 Å². The number of nitrogens with one attached hydrogen (secondary N) is 1. The summed E-state index contributed by atoms with van der Waals surface area (Å²) < 4.78 is 16.0. The smallest absolute Gasteiger partial charge is 0.271 e. The number of carbonyl (C=O) groups excluding carboxylic acids is 1. The van der Waals surface area contributed by atoms with Crippen molar-refractivity contribution in [3.05, 3.63) is 97.7 Å². The summed E-state index contributed by atoms with van der Waals surface area (Å²) in [7, 11) is 0. The fourth-order valence-corrected chi connectivity index (χ4v) is 5.58. The Morgan fingerprint density at radius 3 is 2.83 bits per heavy atom. The fourth-order valence-electron chi connectivity index (χ4n) is 4.13. The summed E-state index contributed by atoms with van der Waals surface area (Å²) in [6, 6.07) is 11.5. The third-order valence-corrected chi connectivity index (χ3v) is 7.07. The molecule has 2 aliphatic heterocycles. The summed E-state index contributed by atoms with van der Waals surface area (Å²) in [5, 5.41) is 5.44. The average molecular weight is 442 g/mol. The summed E-state index contributed by atoms with van der Waals surface area (Å²) in [4.78, 5) is 25.7. The lowest BCUT2D eigenvalue weighted by atomic mass is 9.94. The van der Waals surface area contributed by atoms with Gasteiger partial charge in [0.1, 0.15) is 18.2 Å². The number of pyridine rings is 1. The summed E-state index contributed by atoms with van der Waals surface area (Å²) >= 11 is 8.14. The van der Waals surface area contributed by atoms with Crippen molar-refractivity contribution in [1.29, 1.82) is 0 Å². The van der Waals surface area contributed by atoms with Gasteiger partial charge in [-0.2, -0.15) is 0 Å². The second-order valence-electron chi connectivity index (χ2n) is 7.28. The highest BCUT2D eigenvalue weighted by atomic mass is 35.5. The van der Waals surface area contributed by atoms with E-state index in [9.17, 15) is 14.0 Å². The van der Waals surface area contributed by atoms with Crippen LogP contribution >= 0.6 is 23.4 Å². The van der Waals surface area contributed by atoms with Crippen LogP contribution in [0.4, 0.5) is 4.39 Å². The second-order valence-corrected chi connectivity index (χ2v) is 8.71. The summed E-state index contributed by atoms with van der Waals surface area (Å²) in [6.07, 6.45) is 1.60. The molecule has 0 spiro atoms. The molecule has 1 N–H and O–H groups in total. The number of hydrogen-bond acceptors (Lipinski definition) is 4. The Morgan fingerprint density at radius 2 is 2.00 bits per heavy atom. The molecule has 8 heteroatoms. The minimum Gasteiger partial charge on any atom is -0.332 e. The molecule has 2 aliphatic rings. The van der Waals surface area contributed by atoms with Crippen molar-refractivity contribution in [2.45, 2.75) is 23.6 Å². The molecule has 0 aliphatic carbocycles.